The van der Waals surface area contributed by atoms with Gasteiger partial charge < -0.3 is 9.64 Å². The molecule has 1 aliphatic heterocycles. The first-order valence-corrected chi connectivity index (χ1v) is 6.65. The summed E-state index contributed by atoms with van der Waals surface area (Å²) in [5.74, 6) is 0. The van der Waals surface area contributed by atoms with Crippen LogP contribution in [0.2, 0.25) is 0 Å². The normalized spacial score (nSPS) is 20.4. The van der Waals surface area contributed by atoms with Gasteiger partial charge in [-0.15, -0.1) is 0 Å². The Labute approximate surface area is 115 Å². The van der Waals surface area contributed by atoms with E-state index >= 15 is 0 Å². The molecular formula is C15H21N3O. The van der Waals surface area contributed by atoms with Gasteiger partial charge in [-0.2, -0.15) is 5.26 Å². The number of rotatable bonds is 4. The van der Waals surface area contributed by atoms with Crippen LogP contribution < -0.4 is 0 Å². The Morgan fingerprint density at radius 3 is 3.05 bits per heavy atom. The summed E-state index contributed by atoms with van der Waals surface area (Å²) in [5.41, 5.74) is 1.93. The van der Waals surface area contributed by atoms with Gasteiger partial charge in [0.25, 0.3) is 0 Å². The monoisotopic (exact) mass is 259 g/mol. The third-order valence-corrected chi connectivity index (χ3v) is 3.25. The summed E-state index contributed by atoms with van der Waals surface area (Å²) < 4.78 is 5.77. The average molecular weight is 259 g/mol. The maximum atomic E-state index is 8.92. The van der Waals surface area contributed by atoms with Crippen LogP contribution in [0.4, 0.5) is 0 Å². The summed E-state index contributed by atoms with van der Waals surface area (Å²) in [6.07, 6.45) is 0.280. The molecule has 2 rings (SSSR count). The average Bonchev–Trinajstić information content (AvgIpc) is 2.38. The summed E-state index contributed by atoms with van der Waals surface area (Å²) in [4.78, 5) is 4.55. The van der Waals surface area contributed by atoms with Crippen molar-refractivity contribution in [1.29, 1.82) is 5.26 Å². The number of hydrogen-bond donors (Lipinski definition) is 0. The largest absolute Gasteiger partial charge is 0.374 e. The van der Waals surface area contributed by atoms with Gasteiger partial charge in [0, 0.05) is 26.2 Å². The highest BCUT2D eigenvalue weighted by Gasteiger charge is 2.20. The molecule has 102 valence electrons. The second-order valence-electron chi connectivity index (χ2n) is 5.30. The van der Waals surface area contributed by atoms with Crippen molar-refractivity contribution in [3.05, 3.63) is 35.4 Å². The first-order valence-electron chi connectivity index (χ1n) is 6.65. The Hall–Kier alpha value is -1.41. The lowest BCUT2D eigenvalue weighted by molar-refractivity contribution is -0.0406. The molecule has 1 atom stereocenters. The van der Waals surface area contributed by atoms with Gasteiger partial charge in [-0.25, -0.2) is 0 Å². The zero-order chi connectivity index (χ0) is 13.7. The molecule has 0 N–H and O–H groups in total. The molecule has 1 saturated heterocycles. The van der Waals surface area contributed by atoms with Gasteiger partial charge in [-0.05, 0) is 31.8 Å². The maximum absolute atomic E-state index is 8.92. The second-order valence-corrected chi connectivity index (χ2v) is 5.30. The summed E-state index contributed by atoms with van der Waals surface area (Å²) >= 11 is 0. The van der Waals surface area contributed by atoms with Crippen LogP contribution in [0, 0.1) is 11.3 Å². The summed E-state index contributed by atoms with van der Waals surface area (Å²) in [6.45, 7) is 4.55. The number of nitriles is 1. The molecule has 0 saturated carbocycles. The van der Waals surface area contributed by atoms with E-state index in [1.54, 1.807) is 0 Å². The zero-order valence-corrected chi connectivity index (χ0v) is 11.7. The van der Waals surface area contributed by atoms with Gasteiger partial charge >= 0.3 is 0 Å². The van der Waals surface area contributed by atoms with Gasteiger partial charge in [0.05, 0.1) is 24.3 Å². The van der Waals surface area contributed by atoms with E-state index in [1.807, 2.05) is 18.2 Å². The summed E-state index contributed by atoms with van der Waals surface area (Å²) in [7, 11) is 4.14. The van der Waals surface area contributed by atoms with Gasteiger partial charge in [0.2, 0.25) is 0 Å². The Kier molecular flexibility index (Phi) is 4.92. The number of morpholine rings is 1. The SMILES string of the molecule is CN(C)C[C@H]1CN(Cc2cccc(C#N)c2)CCO1. The lowest BCUT2D eigenvalue weighted by Gasteiger charge is -2.34. The molecule has 0 aliphatic carbocycles. The molecule has 0 aromatic heterocycles. The quantitative estimate of drug-likeness (QED) is 0.817. The second kappa shape index (κ2) is 6.67. The van der Waals surface area contributed by atoms with E-state index in [1.165, 1.54) is 5.56 Å². The lowest BCUT2D eigenvalue weighted by atomic mass is 10.1. The number of likely N-dealkylation sites (N-methyl/N-ethyl adjacent to an activating group) is 1. The topological polar surface area (TPSA) is 39.5 Å². The van der Waals surface area contributed by atoms with Crippen LogP contribution in [0.3, 0.4) is 0 Å². The van der Waals surface area contributed by atoms with Gasteiger partial charge in [0.15, 0.2) is 0 Å². The Bertz CT molecular complexity index is 453. The standard InChI is InChI=1S/C15H21N3O/c1-17(2)11-15-12-18(6-7-19-15)10-14-5-3-4-13(8-14)9-16/h3-5,8,15H,6-7,10-12H2,1-2H3/t15-/m0/s1. The predicted octanol–water partition coefficient (Wildman–Crippen LogP) is 1.32. The molecule has 1 aromatic carbocycles. The van der Waals surface area contributed by atoms with E-state index < -0.39 is 0 Å². The van der Waals surface area contributed by atoms with Gasteiger partial charge in [-0.1, -0.05) is 12.1 Å². The van der Waals surface area contributed by atoms with E-state index in [-0.39, 0.29) is 6.10 Å². The third-order valence-electron chi connectivity index (χ3n) is 3.25. The van der Waals surface area contributed by atoms with Crippen molar-refractivity contribution < 1.29 is 4.74 Å². The van der Waals surface area contributed by atoms with Crippen LogP contribution >= 0.6 is 0 Å². The number of ether oxygens (including phenoxy) is 1. The van der Waals surface area contributed by atoms with Crippen LogP contribution in [0.5, 0.6) is 0 Å². The fourth-order valence-electron chi connectivity index (χ4n) is 2.44. The fourth-order valence-corrected chi connectivity index (χ4v) is 2.44. The Balaban J connectivity index is 1.93. The Morgan fingerprint density at radius 2 is 2.32 bits per heavy atom. The highest BCUT2D eigenvalue weighted by Crippen LogP contribution is 2.12. The first-order chi connectivity index (χ1) is 9.17. The first kappa shape index (κ1) is 14.0. The van der Waals surface area contributed by atoms with Gasteiger partial charge in [-0.3, -0.25) is 4.90 Å². The van der Waals surface area contributed by atoms with Crippen LogP contribution in [-0.2, 0) is 11.3 Å². The van der Waals surface area contributed by atoms with E-state index in [0.29, 0.717) is 0 Å². The van der Waals surface area contributed by atoms with Crippen LogP contribution in [0.15, 0.2) is 24.3 Å². The van der Waals surface area contributed by atoms with Crippen molar-refractivity contribution in [3.63, 3.8) is 0 Å². The molecule has 1 fully saturated rings. The molecule has 0 radical (unpaired) electrons. The predicted molar refractivity (Wildman–Crippen MR) is 74.7 cm³/mol. The number of hydrogen-bond acceptors (Lipinski definition) is 4. The van der Waals surface area contributed by atoms with Crippen molar-refractivity contribution in [1.82, 2.24) is 9.80 Å². The molecular weight excluding hydrogens is 238 g/mol. The molecule has 0 bridgehead atoms. The molecule has 1 aromatic rings. The van der Waals surface area contributed by atoms with E-state index in [9.17, 15) is 0 Å². The minimum atomic E-state index is 0.280. The molecule has 19 heavy (non-hydrogen) atoms. The van der Waals surface area contributed by atoms with Crippen LogP contribution in [0.25, 0.3) is 0 Å². The van der Waals surface area contributed by atoms with Crippen LogP contribution in [-0.4, -0.2) is 56.2 Å². The Morgan fingerprint density at radius 1 is 1.47 bits per heavy atom. The number of benzene rings is 1. The highest BCUT2D eigenvalue weighted by atomic mass is 16.5. The maximum Gasteiger partial charge on any atom is 0.0991 e. The summed E-state index contributed by atoms with van der Waals surface area (Å²) in [6, 6.07) is 10.0. The molecule has 1 aliphatic rings. The molecule has 1 heterocycles. The molecule has 0 amide bonds. The van der Waals surface area contributed by atoms with Crippen molar-refractivity contribution in [2.75, 3.05) is 40.3 Å². The van der Waals surface area contributed by atoms with Gasteiger partial charge in [0.1, 0.15) is 0 Å². The van der Waals surface area contributed by atoms with E-state index in [2.05, 4.69) is 36.0 Å². The lowest BCUT2D eigenvalue weighted by Crippen LogP contribution is -2.45. The molecule has 0 unspecified atom stereocenters. The van der Waals surface area contributed by atoms with Crippen molar-refractivity contribution in [3.8, 4) is 6.07 Å². The van der Waals surface area contributed by atoms with Crippen molar-refractivity contribution in [2.24, 2.45) is 0 Å². The minimum absolute atomic E-state index is 0.280. The fraction of sp³-hybridized carbons (Fsp3) is 0.533. The minimum Gasteiger partial charge on any atom is -0.374 e. The zero-order valence-electron chi connectivity index (χ0n) is 11.7. The van der Waals surface area contributed by atoms with E-state index in [0.717, 1.165) is 38.3 Å². The van der Waals surface area contributed by atoms with Crippen molar-refractivity contribution in [2.45, 2.75) is 12.6 Å². The molecule has 4 heteroatoms. The third kappa shape index (κ3) is 4.32. The van der Waals surface area contributed by atoms with Crippen molar-refractivity contribution >= 4 is 0 Å². The van der Waals surface area contributed by atoms with E-state index in [4.69, 9.17) is 10.00 Å². The summed E-state index contributed by atoms with van der Waals surface area (Å²) in [5, 5.41) is 8.92. The number of nitrogens with zero attached hydrogens (tertiary/aromatic N) is 3. The molecule has 0 spiro atoms. The van der Waals surface area contributed by atoms with Crippen LogP contribution in [0.1, 0.15) is 11.1 Å². The highest BCUT2D eigenvalue weighted by molar-refractivity contribution is 5.32. The smallest absolute Gasteiger partial charge is 0.0991 e. The molecule has 4 nitrogen and oxygen atoms in total.